The van der Waals surface area contributed by atoms with Gasteiger partial charge < -0.3 is 9.47 Å². The predicted octanol–water partition coefficient (Wildman–Crippen LogP) is 6.05. The van der Waals surface area contributed by atoms with E-state index >= 15 is 0 Å². The van der Waals surface area contributed by atoms with Crippen LogP contribution >= 0.6 is 22.9 Å². The number of methoxy groups -OCH3 is 2. The number of benzene rings is 2. The van der Waals surface area contributed by atoms with E-state index in [4.69, 9.17) is 21.1 Å². The van der Waals surface area contributed by atoms with Crippen molar-refractivity contribution in [3.8, 4) is 17.6 Å². The van der Waals surface area contributed by atoms with Gasteiger partial charge in [0.1, 0.15) is 11.1 Å². The zero-order valence-corrected chi connectivity index (χ0v) is 16.2. The Kier molecular flexibility index (Phi) is 5.49. The highest BCUT2D eigenvalue weighted by molar-refractivity contribution is 7.19. The lowest BCUT2D eigenvalue weighted by Gasteiger charge is -2.10. The molecule has 0 aliphatic heterocycles. The molecule has 0 N–H and O–H groups in total. The molecule has 3 aromatic rings. The number of thiazole rings is 1. The van der Waals surface area contributed by atoms with Crippen LogP contribution in [0, 0.1) is 11.3 Å². The van der Waals surface area contributed by atoms with Crippen LogP contribution in [0.15, 0.2) is 30.3 Å². The molecule has 28 heavy (non-hydrogen) atoms. The Labute approximate surface area is 167 Å². The zero-order valence-electron chi connectivity index (χ0n) is 14.6. The molecule has 0 unspecified atom stereocenters. The average molecular weight is 425 g/mol. The van der Waals surface area contributed by atoms with Crippen molar-refractivity contribution >= 4 is 44.8 Å². The second-order valence-corrected chi connectivity index (χ2v) is 7.05. The van der Waals surface area contributed by atoms with E-state index in [1.165, 1.54) is 26.4 Å². The van der Waals surface area contributed by atoms with E-state index in [9.17, 15) is 18.4 Å². The second-order valence-electron chi connectivity index (χ2n) is 5.61. The van der Waals surface area contributed by atoms with Gasteiger partial charge in [0.25, 0.3) is 0 Å². The van der Waals surface area contributed by atoms with Gasteiger partial charge in [0, 0.05) is 0 Å². The topological polar surface area (TPSA) is 55.1 Å². The van der Waals surface area contributed by atoms with Crippen LogP contribution in [-0.2, 0) is 6.18 Å². The van der Waals surface area contributed by atoms with Gasteiger partial charge in [-0.3, -0.25) is 0 Å². The standard InChI is InChI=1S/C19H12ClF3N2O2S/c1-26-15-7-10(6-13(20)17(15)27-2)5-11(9-24)18-25-14-8-12(19(21,22)23)3-4-16(14)28-18/h3-8H,1-2H3/b11-5+. The van der Waals surface area contributed by atoms with Gasteiger partial charge in [-0.25, -0.2) is 4.98 Å². The molecule has 9 heteroatoms. The minimum absolute atomic E-state index is 0.182. The van der Waals surface area contributed by atoms with Crippen molar-refractivity contribution in [2.75, 3.05) is 14.2 Å². The minimum atomic E-state index is -4.46. The first-order valence-corrected chi connectivity index (χ1v) is 8.97. The molecule has 0 saturated carbocycles. The monoisotopic (exact) mass is 424 g/mol. The molecule has 0 spiro atoms. The lowest BCUT2D eigenvalue weighted by molar-refractivity contribution is -0.137. The van der Waals surface area contributed by atoms with Gasteiger partial charge in [0.2, 0.25) is 0 Å². The van der Waals surface area contributed by atoms with Crippen LogP contribution in [0.1, 0.15) is 16.1 Å². The summed E-state index contributed by atoms with van der Waals surface area (Å²) in [6.45, 7) is 0. The lowest BCUT2D eigenvalue weighted by atomic mass is 10.1. The van der Waals surface area contributed by atoms with Crippen molar-refractivity contribution in [2.45, 2.75) is 6.18 Å². The molecule has 2 aromatic carbocycles. The molecule has 4 nitrogen and oxygen atoms in total. The third-order valence-electron chi connectivity index (χ3n) is 3.83. The Morgan fingerprint density at radius 1 is 1.21 bits per heavy atom. The third-order valence-corrected chi connectivity index (χ3v) is 5.18. The van der Waals surface area contributed by atoms with Crippen LogP contribution in [0.2, 0.25) is 5.02 Å². The minimum Gasteiger partial charge on any atom is -0.493 e. The summed E-state index contributed by atoms with van der Waals surface area (Å²) in [5, 5.41) is 10.1. The van der Waals surface area contributed by atoms with E-state index < -0.39 is 11.7 Å². The number of hydrogen-bond acceptors (Lipinski definition) is 5. The van der Waals surface area contributed by atoms with E-state index in [1.807, 2.05) is 6.07 Å². The van der Waals surface area contributed by atoms with Gasteiger partial charge >= 0.3 is 6.18 Å². The number of alkyl halides is 3. The SMILES string of the molecule is COc1cc(/C=C(\C#N)c2nc3cc(C(F)(F)F)ccc3s2)cc(Cl)c1OC. The number of aromatic nitrogens is 1. The van der Waals surface area contributed by atoms with E-state index in [2.05, 4.69) is 4.98 Å². The van der Waals surface area contributed by atoms with E-state index in [0.717, 1.165) is 23.5 Å². The highest BCUT2D eigenvalue weighted by atomic mass is 35.5. The number of allylic oxidation sites excluding steroid dienone is 1. The van der Waals surface area contributed by atoms with Crippen molar-refractivity contribution in [2.24, 2.45) is 0 Å². The highest BCUT2D eigenvalue weighted by Gasteiger charge is 2.30. The largest absolute Gasteiger partial charge is 0.493 e. The number of ether oxygens (including phenoxy) is 2. The summed E-state index contributed by atoms with van der Waals surface area (Å²) in [6.07, 6.45) is -2.92. The Bertz CT molecular complexity index is 1120. The van der Waals surface area contributed by atoms with Gasteiger partial charge in [-0.2, -0.15) is 18.4 Å². The van der Waals surface area contributed by atoms with Crippen LogP contribution < -0.4 is 9.47 Å². The Balaban J connectivity index is 2.06. The summed E-state index contributed by atoms with van der Waals surface area (Å²) in [7, 11) is 2.91. The summed E-state index contributed by atoms with van der Waals surface area (Å²) in [4.78, 5) is 4.19. The average Bonchev–Trinajstić information content (AvgIpc) is 3.07. The maximum Gasteiger partial charge on any atom is 0.416 e. The van der Waals surface area contributed by atoms with Crippen LogP contribution in [-0.4, -0.2) is 19.2 Å². The summed E-state index contributed by atoms with van der Waals surface area (Å²) < 4.78 is 49.6. The van der Waals surface area contributed by atoms with Crippen molar-refractivity contribution < 1.29 is 22.6 Å². The first kappa shape index (κ1) is 20.0. The molecule has 0 radical (unpaired) electrons. The van der Waals surface area contributed by atoms with Crippen LogP contribution in [0.5, 0.6) is 11.5 Å². The maximum absolute atomic E-state index is 12.9. The molecule has 3 rings (SSSR count). The van der Waals surface area contributed by atoms with E-state index in [0.29, 0.717) is 31.8 Å². The number of hydrogen-bond donors (Lipinski definition) is 0. The number of nitrogens with zero attached hydrogens (tertiary/aromatic N) is 2. The molecule has 0 fully saturated rings. The number of fused-ring (bicyclic) bond motifs is 1. The molecular formula is C19H12ClF3N2O2S. The Morgan fingerprint density at radius 3 is 2.57 bits per heavy atom. The molecule has 0 atom stereocenters. The molecule has 144 valence electrons. The Hall–Kier alpha value is -2.76. The van der Waals surface area contributed by atoms with Crippen molar-refractivity contribution in [3.63, 3.8) is 0 Å². The van der Waals surface area contributed by atoms with Crippen LogP contribution in [0.3, 0.4) is 0 Å². The fourth-order valence-corrected chi connectivity index (χ4v) is 3.76. The summed E-state index contributed by atoms with van der Waals surface area (Å²) in [5.74, 6) is 0.747. The lowest BCUT2D eigenvalue weighted by Crippen LogP contribution is -2.03. The molecule has 0 saturated heterocycles. The fraction of sp³-hybridized carbons (Fsp3) is 0.158. The zero-order chi connectivity index (χ0) is 20.5. The van der Waals surface area contributed by atoms with Gasteiger partial charge in [-0.05, 0) is 42.0 Å². The molecule has 1 aromatic heterocycles. The summed E-state index contributed by atoms with van der Waals surface area (Å²) >= 11 is 7.31. The second kappa shape index (κ2) is 7.70. The third kappa shape index (κ3) is 3.91. The summed E-state index contributed by atoms with van der Waals surface area (Å²) in [5.41, 5.74) is 0.153. The van der Waals surface area contributed by atoms with Crippen molar-refractivity contribution in [1.29, 1.82) is 5.26 Å². The number of rotatable bonds is 4. The van der Waals surface area contributed by atoms with Gasteiger partial charge in [0.05, 0.1) is 40.6 Å². The van der Waals surface area contributed by atoms with Gasteiger partial charge in [-0.15, -0.1) is 11.3 Å². The molecular weight excluding hydrogens is 413 g/mol. The normalized spacial score (nSPS) is 12.1. The molecule has 0 aliphatic rings. The van der Waals surface area contributed by atoms with E-state index in [1.54, 1.807) is 12.1 Å². The number of nitriles is 1. The molecule has 0 amide bonds. The number of halogens is 4. The van der Waals surface area contributed by atoms with E-state index in [-0.39, 0.29) is 11.1 Å². The molecule has 1 heterocycles. The van der Waals surface area contributed by atoms with Crippen LogP contribution in [0.4, 0.5) is 13.2 Å². The maximum atomic E-state index is 12.9. The fourth-order valence-electron chi connectivity index (χ4n) is 2.55. The Morgan fingerprint density at radius 2 is 1.96 bits per heavy atom. The van der Waals surface area contributed by atoms with Crippen LogP contribution in [0.25, 0.3) is 21.9 Å². The molecule has 0 aliphatic carbocycles. The van der Waals surface area contributed by atoms with Crippen molar-refractivity contribution in [1.82, 2.24) is 4.98 Å². The molecule has 0 bridgehead atoms. The van der Waals surface area contributed by atoms with Crippen molar-refractivity contribution in [3.05, 3.63) is 51.5 Å². The smallest absolute Gasteiger partial charge is 0.416 e. The first-order valence-electron chi connectivity index (χ1n) is 7.78. The predicted molar refractivity (Wildman–Crippen MR) is 103 cm³/mol. The quantitative estimate of drug-likeness (QED) is 0.478. The van der Waals surface area contributed by atoms with Gasteiger partial charge in [-0.1, -0.05) is 11.6 Å². The summed E-state index contributed by atoms with van der Waals surface area (Å²) in [6, 6.07) is 8.57. The first-order chi connectivity index (χ1) is 13.3. The highest BCUT2D eigenvalue weighted by Crippen LogP contribution is 2.38. The van der Waals surface area contributed by atoms with Gasteiger partial charge in [0.15, 0.2) is 11.5 Å².